The Balaban J connectivity index is 3.59. The topological polar surface area (TPSA) is 26.3 Å². The summed E-state index contributed by atoms with van der Waals surface area (Å²) in [5.74, 6) is -1.25. The highest BCUT2D eigenvalue weighted by Crippen LogP contribution is 2.33. The summed E-state index contributed by atoms with van der Waals surface area (Å²) in [7, 11) is 0. The molecule has 0 aromatic rings. The van der Waals surface area contributed by atoms with Crippen LogP contribution in [0, 0.1) is 5.92 Å². The molecule has 0 aliphatic carbocycles. The van der Waals surface area contributed by atoms with E-state index in [0.29, 0.717) is 12.9 Å². The van der Waals surface area contributed by atoms with Crippen molar-refractivity contribution in [2.24, 2.45) is 5.92 Å². The molecule has 0 aliphatic heterocycles. The van der Waals surface area contributed by atoms with E-state index in [4.69, 9.17) is 4.74 Å². The van der Waals surface area contributed by atoms with Gasteiger partial charge in [-0.2, -0.15) is 13.2 Å². The third kappa shape index (κ3) is 9.87. The van der Waals surface area contributed by atoms with E-state index >= 15 is 0 Å². The Labute approximate surface area is 119 Å². The molecule has 0 radical (unpaired) electrons. The molecule has 118 valence electrons. The summed E-state index contributed by atoms with van der Waals surface area (Å²) >= 11 is 0. The molecule has 0 heterocycles. The van der Waals surface area contributed by atoms with Gasteiger partial charge in [-0.1, -0.05) is 31.8 Å². The van der Waals surface area contributed by atoms with Crippen LogP contribution in [-0.4, -0.2) is 18.8 Å². The van der Waals surface area contributed by atoms with E-state index in [2.05, 4.69) is 6.58 Å². The lowest BCUT2D eigenvalue weighted by atomic mass is 9.96. The van der Waals surface area contributed by atoms with Gasteiger partial charge in [-0.05, 0) is 32.6 Å². The minimum Gasteiger partial charge on any atom is -0.465 e. The van der Waals surface area contributed by atoms with Crippen molar-refractivity contribution < 1.29 is 22.7 Å². The standard InChI is InChI=1S/C15H25F3O2/c1-3-9-14(15(16,17)18)11-8-6-4-5-7-10-13(2)20-12-19/h3,12-14H,1,4-11H2,2H3/t13-,14?/m1/s1. The second-order valence-electron chi connectivity index (χ2n) is 5.15. The molecule has 0 rings (SSSR count). The summed E-state index contributed by atoms with van der Waals surface area (Å²) in [5.41, 5.74) is 0. The Morgan fingerprint density at radius 1 is 1.10 bits per heavy atom. The highest BCUT2D eigenvalue weighted by Gasteiger charge is 2.37. The van der Waals surface area contributed by atoms with E-state index in [-0.39, 0.29) is 18.9 Å². The molecule has 0 fully saturated rings. The SMILES string of the molecule is C=CCC(CCCCCCC[C@@H](C)OC=O)C(F)(F)F. The van der Waals surface area contributed by atoms with Gasteiger partial charge in [-0.25, -0.2) is 0 Å². The first-order chi connectivity index (χ1) is 9.41. The number of unbranched alkanes of at least 4 members (excludes halogenated alkanes) is 4. The predicted molar refractivity (Wildman–Crippen MR) is 73.3 cm³/mol. The molecule has 0 N–H and O–H groups in total. The number of hydrogen-bond acceptors (Lipinski definition) is 2. The summed E-state index contributed by atoms with van der Waals surface area (Å²) < 4.78 is 42.6. The van der Waals surface area contributed by atoms with Crippen molar-refractivity contribution in [3.63, 3.8) is 0 Å². The number of allylic oxidation sites excluding steroid dienone is 1. The molecule has 0 saturated carbocycles. The van der Waals surface area contributed by atoms with Crippen LogP contribution in [0.4, 0.5) is 13.2 Å². The molecule has 0 aliphatic rings. The van der Waals surface area contributed by atoms with Crippen LogP contribution in [0.25, 0.3) is 0 Å². The molecule has 0 aromatic carbocycles. The Bertz CT molecular complexity index is 264. The zero-order valence-corrected chi connectivity index (χ0v) is 12.1. The summed E-state index contributed by atoms with van der Waals surface area (Å²) in [5, 5.41) is 0. The monoisotopic (exact) mass is 294 g/mol. The van der Waals surface area contributed by atoms with Crippen molar-refractivity contribution in [3.8, 4) is 0 Å². The van der Waals surface area contributed by atoms with Gasteiger partial charge in [-0.15, -0.1) is 6.58 Å². The third-order valence-electron chi connectivity index (χ3n) is 3.37. The lowest BCUT2D eigenvalue weighted by Crippen LogP contribution is -2.22. The molecule has 0 bridgehead atoms. The van der Waals surface area contributed by atoms with E-state index < -0.39 is 12.1 Å². The number of carbonyl (C=O) groups excluding carboxylic acids is 1. The maximum Gasteiger partial charge on any atom is 0.392 e. The average molecular weight is 294 g/mol. The van der Waals surface area contributed by atoms with Gasteiger partial charge < -0.3 is 4.74 Å². The first-order valence-corrected chi connectivity index (χ1v) is 7.18. The van der Waals surface area contributed by atoms with Crippen molar-refractivity contribution in [1.29, 1.82) is 0 Å². The normalized spacial score (nSPS) is 14.6. The van der Waals surface area contributed by atoms with Crippen LogP contribution >= 0.6 is 0 Å². The second-order valence-corrected chi connectivity index (χ2v) is 5.15. The van der Waals surface area contributed by atoms with Gasteiger partial charge in [0.25, 0.3) is 6.47 Å². The van der Waals surface area contributed by atoms with Gasteiger partial charge >= 0.3 is 6.18 Å². The zero-order chi connectivity index (χ0) is 15.4. The molecular formula is C15H25F3O2. The average Bonchev–Trinajstić information content (AvgIpc) is 2.35. The first kappa shape index (κ1) is 19.0. The Hall–Kier alpha value is -1.00. The lowest BCUT2D eigenvalue weighted by molar-refractivity contribution is -0.175. The quantitative estimate of drug-likeness (QED) is 0.286. The fourth-order valence-corrected chi connectivity index (χ4v) is 2.13. The van der Waals surface area contributed by atoms with Crippen LogP contribution in [0.5, 0.6) is 0 Å². The van der Waals surface area contributed by atoms with Crippen molar-refractivity contribution in [2.75, 3.05) is 0 Å². The van der Waals surface area contributed by atoms with Crippen LogP contribution in [0.15, 0.2) is 12.7 Å². The van der Waals surface area contributed by atoms with Crippen molar-refractivity contribution in [1.82, 2.24) is 0 Å². The van der Waals surface area contributed by atoms with Crippen LogP contribution in [0.1, 0.15) is 58.3 Å². The van der Waals surface area contributed by atoms with Gasteiger partial charge in [0.2, 0.25) is 0 Å². The summed E-state index contributed by atoms with van der Waals surface area (Å²) in [4.78, 5) is 10.1. The molecular weight excluding hydrogens is 269 g/mol. The fraction of sp³-hybridized carbons (Fsp3) is 0.800. The fourth-order valence-electron chi connectivity index (χ4n) is 2.13. The number of carbonyl (C=O) groups is 1. The minimum absolute atomic E-state index is 0.00402. The maximum absolute atomic E-state index is 12.6. The summed E-state index contributed by atoms with van der Waals surface area (Å²) in [6.07, 6.45) is 2.37. The zero-order valence-electron chi connectivity index (χ0n) is 12.1. The van der Waals surface area contributed by atoms with E-state index in [1.54, 1.807) is 0 Å². The van der Waals surface area contributed by atoms with Gasteiger partial charge in [0.1, 0.15) is 0 Å². The van der Waals surface area contributed by atoms with E-state index in [0.717, 1.165) is 32.1 Å². The van der Waals surface area contributed by atoms with Crippen LogP contribution in [0.3, 0.4) is 0 Å². The summed E-state index contributed by atoms with van der Waals surface area (Å²) in [6.45, 7) is 5.65. The van der Waals surface area contributed by atoms with Crippen molar-refractivity contribution >= 4 is 6.47 Å². The third-order valence-corrected chi connectivity index (χ3v) is 3.37. The molecule has 2 atom stereocenters. The highest BCUT2D eigenvalue weighted by molar-refractivity contribution is 5.37. The number of hydrogen-bond donors (Lipinski definition) is 0. The van der Waals surface area contributed by atoms with Gasteiger partial charge in [0, 0.05) is 0 Å². The van der Waals surface area contributed by atoms with Gasteiger partial charge in [-0.3, -0.25) is 4.79 Å². The van der Waals surface area contributed by atoms with Crippen LogP contribution in [-0.2, 0) is 9.53 Å². The molecule has 5 heteroatoms. The molecule has 0 saturated heterocycles. The molecule has 2 nitrogen and oxygen atoms in total. The summed E-state index contributed by atoms with van der Waals surface area (Å²) in [6, 6.07) is 0. The van der Waals surface area contributed by atoms with Crippen LogP contribution < -0.4 is 0 Å². The Kier molecular flexibility index (Phi) is 10.2. The molecule has 20 heavy (non-hydrogen) atoms. The van der Waals surface area contributed by atoms with E-state index in [1.807, 2.05) is 6.92 Å². The lowest BCUT2D eigenvalue weighted by Gasteiger charge is -2.18. The minimum atomic E-state index is -4.12. The number of halogens is 3. The largest absolute Gasteiger partial charge is 0.465 e. The first-order valence-electron chi connectivity index (χ1n) is 7.18. The van der Waals surface area contributed by atoms with Crippen LogP contribution in [0.2, 0.25) is 0 Å². The Morgan fingerprint density at radius 3 is 2.15 bits per heavy atom. The maximum atomic E-state index is 12.6. The van der Waals surface area contributed by atoms with Gasteiger partial charge in [0.05, 0.1) is 12.0 Å². The molecule has 0 aromatic heterocycles. The smallest absolute Gasteiger partial charge is 0.392 e. The van der Waals surface area contributed by atoms with Gasteiger partial charge in [0.15, 0.2) is 0 Å². The Morgan fingerprint density at radius 2 is 1.65 bits per heavy atom. The highest BCUT2D eigenvalue weighted by atomic mass is 19.4. The van der Waals surface area contributed by atoms with Crippen molar-refractivity contribution in [3.05, 3.63) is 12.7 Å². The predicted octanol–water partition coefficient (Wildman–Crippen LogP) is 5.03. The molecule has 1 unspecified atom stereocenters. The van der Waals surface area contributed by atoms with Crippen molar-refractivity contribution in [2.45, 2.75) is 70.6 Å². The number of ether oxygens (including phenoxy) is 1. The molecule has 0 amide bonds. The second kappa shape index (κ2) is 10.7. The van der Waals surface area contributed by atoms with E-state index in [1.165, 1.54) is 6.08 Å². The number of rotatable bonds is 12. The number of alkyl halides is 3. The van der Waals surface area contributed by atoms with E-state index in [9.17, 15) is 18.0 Å². The molecule has 0 spiro atoms.